The van der Waals surface area contributed by atoms with E-state index in [0.29, 0.717) is 0 Å². The summed E-state index contributed by atoms with van der Waals surface area (Å²) in [6, 6.07) is 0. The monoisotopic (exact) mass is 601 g/mol. The Balaban J connectivity index is 0.00000400. The Kier molecular flexibility index (Phi) is 18.4. The average Bonchev–Trinajstić information content (AvgIpc) is 3.43. The van der Waals surface area contributed by atoms with Crippen molar-refractivity contribution in [1.82, 2.24) is 19.5 Å². The number of nitrogens with zero attached hydrogens (tertiary/aromatic N) is 5. The first-order valence-corrected chi connectivity index (χ1v) is 14.8. The van der Waals surface area contributed by atoms with Gasteiger partial charge in [-0.3, -0.25) is 9.13 Å². The Morgan fingerprint density at radius 1 is 1.07 bits per heavy atom. The van der Waals surface area contributed by atoms with Crippen LogP contribution in [-0.2, 0) is 13.8 Å². The maximum atomic E-state index is 12.5. The molecule has 2 aromatic rings. The number of ether oxygens (including phenoxy) is 1. The van der Waals surface area contributed by atoms with Crippen molar-refractivity contribution in [1.29, 1.82) is 0 Å². The quantitative estimate of drug-likeness (QED) is 0.0525. The molecule has 0 radical (unpaired) electrons. The fourth-order valence-corrected chi connectivity index (χ4v) is 5.12. The molecular weight excluding hydrogens is 563 g/mol. The Morgan fingerprint density at radius 2 is 1.68 bits per heavy atom. The largest absolute Gasteiger partial charge is 1.00 e. The molecule has 16 heteroatoms. The molecule has 13 nitrogen and oxygen atoms in total. The molecule has 0 aromatic carbocycles. The number of aliphatic imine (C=N–C) groups is 1. The Morgan fingerprint density at radius 3 is 2.25 bits per heavy atom. The van der Waals surface area contributed by atoms with Crippen LogP contribution in [0.25, 0.3) is 11.2 Å². The molecule has 1 aliphatic rings. The van der Waals surface area contributed by atoms with Gasteiger partial charge in [-0.25, -0.2) is 19.9 Å². The Labute approximate surface area is 279 Å². The third kappa shape index (κ3) is 11.6. The molecule has 3 N–H and O–H groups in total. The number of rotatable bonds is 17. The standard InChI is InChI=1S/C24H40N5O8P.2Na/c1-2-3-4-5-6-7-8-9-10-11-12-13-18(31)28-22-19-23(26-15-25-22)29(16-27-19)24-21(37-38(33,34)35)20(32)17(14-30)36-24;;/h15-17,20-21,24,30,32H,2-14H2,1H3,(H2,33,34,35)(H,25,26,28,31);;/q;2*+1/p-2/t17-,20-,21-,24-;;/m1../s1. The van der Waals surface area contributed by atoms with Crippen molar-refractivity contribution >= 4 is 30.7 Å². The second-order valence-corrected chi connectivity index (χ2v) is 10.7. The second-order valence-electron chi connectivity index (χ2n) is 9.59. The second kappa shape index (κ2) is 19.3. The normalized spacial score (nSPS) is 22.6. The number of aliphatic hydroxyl groups excluding tert-OH is 2. The summed E-state index contributed by atoms with van der Waals surface area (Å²) < 4.78 is 22.8. The number of aliphatic hydroxyl groups is 2. The summed E-state index contributed by atoms with van der Waals surface area (Å²) in [6.07, 6.45) is 10.0. The van der Waals surface area contributed by atoms with E-state index in [1.807, 2.05) is 0 Å². The van der Waals surface area contributed by atoms with Crippen LogP contribution in [-0.4, -0.2) is 65.4 Å². The van der Waals surface area contributed by atoms with Gasteiger partial charge in [0.15, 0.2) is 23.2 Å². The Hall–Kier alpha value is 0.01000. The van der Waals surface area contributed by atoms with Crippen LogP contribution in [0.5, 0.6) is 0 Å². The third-order valence-electron chi connectivity index (χ3n) is 6.59. The van der Waals surface area contributed by atoms with Gasteiger partial charge in [0.25, 0.3) is 7.82 Å². The molecule has 5 atom stereocenters. The van der Waals surface area contributed by atoms with Crippen molar-refractivity contribution in [2.45, 2.75) is 109 Å². The minimum Gasteiger partial charge on any atom is -0.862 e. The SMILES string of the molecule is CCCCCCCCCCCCCC([O-])=Nc1ncnc2c1ncn2[C@@H]1O[C@H](CO)[C@@H](O)[C@H]1OP(=O)([O-])O.[Na+].[Na+]. The van der Waals surface area contributed by atoms with Crippen LogP contribution in [0.4, 0.5) is 5.82 Å². The van der Waals surface area contributed by atoms with E-state index in [0.717, 1.165) is 19.3 Å². The van der Waals surface area contributed by atoms with Gasteiger partial charge >= 0.3 is 59.1 Å². The predicted octanol–water partition coefficient (Wildman–Crippen LogP) is -3.98. The maximum Gasteiger partial charge on any atom is 1.00 e. The summed E-state index contributed by atoms with van der Waals surface area (Å²) in [4.78, 5) is 36.9. The summed E-state index contributed by atoms with van der Waals surface area (Å²) in [6.45, 7) is 1.60. The summed E-state index contributed by atoms with van der Waals surface area (Å²) in [5, 5.41) is 32.2. The molecule has 0 bridgehead atoms. The molecule has 2 aromatic heterocycles. The van der Waals surface area contributed by atoms with E-state index >= 15 is 0 Å². The van der Waals surface area contributed by atoms with E-state index < -0.39 is 39.0 Å². The van der Waals surface area contributed by atoms with Crippen LogP contribution in [0.1, 0.15) is 90.2 Å². The fourth-order valence-electron chi connectivity index (χ4n) is 4.58. The van der Waals surface area contributed by atoms with Crippen LogP contribution in [0.3, 0.4) is 0 Å². The van der Waals surface area contributed by atoms with Gasteiger partial charge in [0, 0.05) is 0 Å². The summed E-state index contributed by atoms with van der Waals surface area (Å²) in [7, 11) is -5.25. The van der Waals surface area contributed by atoms with Crippen molar-refractivity contribution in [2.24, 2.45) is 4.99 Å². The molecule has 1 saturated heterocycles. The molecule has 3 heterocycles. The topological polar surface area (TPSA) is 198 Å². The predicted molar refractivity (Wildman–Crippen MR) is 135 cm³/mol. The first-order valence-electron chi connectivity index (χ1n) is 13.3. The van der Waals surface area contributed by atoms with Gasteiger partial charge < -0.3 is 34.4 Å². The van der Waals surface area contributed by atoms with E-state index in [4.69, 9.17) is 9.63 Å². The molecule has 1 unspecified atom stereocenters. The van der Waals surface area contributed by atoms with Gasteiger partial charge in [-0.1, -0.05) is 71.1 Å². The fraction of sp³-hybridized carbons (Fsp3) is 0.750. The van der Waals surface area contributed by atoms with Gasteiger partial charge in [-0.2, -0.15) is 0 Å². The van der Waals surface area contributed by atoms with Crippen molar-refractivity contribution < 1.29 is 98.0 Å². The number of phosphoric ester groups is 1. The molecule has 3 rings (SSSR count). The maximum absolute atomic E-state index is 12.5. The molecule has 214 valence electrons. The minimum atomic E-state index is -5.25. The molecule has 0 spiro atoms. The number of unbranched alkanes of at least 4 members (excludes halogenated alkanes) is 10. The molecule has 1 fully saturated rings. The van der Waals surface area contributed by atoms with Crippen molar-refractivity contribution in [3.8, 4) is 0 Å². The van der Waals surface area contributed by atoms with Crippen LogP contribution in [0.15, 0.2) is 17.6 Å². The van der Waals surface area contributed by atoms with Gasteiger partial charge in [0.1, 0.15) is 24.6 Å². The smallest absolute Gasteiger partial charge is 0.862 e. The van der Waals surface area contributed by atoms with Crippen LogP contribution >= 0.6 is 7.82 Å². The summed E-state index contributed by atoms with van der Waals surface area (Å²) >= 11 is 0. The zero-order chi connectivity index (χ0) is 27.5. The number of phosphoric acid groups is 1. The number of aromatic nitrogens is 4. The molecular formula is C24H38N5Na2O8P. The first kappa shape index (κ1) is 38.0. The van der Waals surface area contributed by atoms with Crippen molar-refractivity contribution in [2.75, 3.05) is 6.61 Å². The van der Waals surface area contributed by atoms with Gasteiger partial charge in [-0.05, 0) is 18.7 Å². The summed E-state index contributed by atoms with van der Waals surface area (Å²) in [5.41, 5.74) is 0.308. The van der Waals surface area contributed by atoms with E-state index in [1.54, 1.807) is 0 Å². The average molecular weight is 602 g/mol. The number of fused-ring (bicyclic) bond motifs is 1. The van der Waals surface area contributed by atoms with Crippen LogP contribution in [0.2, 0.25) is 0 Å². The number of imidazole rings is 1. The zero-order valence-corrected chi connectivity index (χ0v) is 28.6. The van der Waals surface area contributed by atoms with E-state index in [2.05, 4.69) is 31.4 Å². The molecule has 0 amide bonds. The van der Waals surface area contributed by atoms with Gasteiger partial charge in [0.2, 0.25) is 0 Å². The van der Waals surface area contributed by atoms with E-state index in [-0.39, 0.29) is 88.4 Å². The van der Waals surface area contributed by atoms with Crippen molar-refractivity contribution in [3.05, 3.63) is 12.7 Å². The Bertz CT molecular complexity index is 1090. The third-order valence-corrected chi connectivity index (χ3v) is 7.10. The van der Waals surface area contributed by atoms with Crippen LogP contribution in [0, 0.1) is 0 Å². The van der Waals surface area contributed by atoms with Gasteiger partial charge in [-0.15, -0.1) is 0 Å². The number of hydrogen-bond donors (Lipinski definition) is 3. The minimum absolute atomic E-state index is 0. The molecule has 40 heavy (non-hydrogen) atoms. The molecule has 1 aliphatic heterocycles. The molecule has 0 aliphatic carbocycles. The summed E-state index contributed by atoms with van der Waals surface area (Å²) in [5.74, 6) is -0.287. The van der Waals surface area contributed by atoms with E-state index in [9.17, 15) is 24.8 Å². The first-order chi connectivity index (χ1) is 18.2. The van der Waals surface area contributed by atoms with Crippen LogP contribution < -0.4 is 69.1 Å². The van der Waals surface area contributed by atoms with E-state index in [1.165, 1.54) is 68.6 Å². The van der Waals surface area contributed by atoms with Crippen molar-refractivity contribution in [3.63, 3.8) is 0 Å². The zero-order valence-electron chi connectivity index (χ0n) is 23.7. The number of hydrogen-bond acceptors (Lipinski definition) is 11. The van der Waals surface area contributed by atoms with Gasteiger partial charge in [0.05, 0.1) is 12.9 Å². The molecule has 0 saturated carbocycles.